The van der Waals surface area contributed by atoms with Crippen LogP contribution in [0.4, 0.5) is 36.6 Å². The lowest BCUT2D eigenvalue weighted by Gasteiger charge is -2.23. The van der Waals surface area contributed by atoms with Crippen LogP contribution < -0.4 is 11.5 Å². The molecule has 5 N–H and O–H groups in total. The molecule has 0 unspecified atom stereocenters. The van der Waals surface area contributed by atoms with Crippen molar-refractivity contribution in [2.24, 2.45) is 5.73 Å². The number of para-hydroxylation sites is 1. The summed E-state index contributed by atoms with van der Waals surface area (Å²) in [5.74, 6) is -0.772. The number of aromatic nitrogens is 5. The van der Waals surface area contributed by atoms with Gasteiger partial charge in [-0.25, -0.2) is 13.8 Å². The number of rotatable bonds is 7. The minimum Gasteiger partial charge on any atom is -0.382 e. The van der Waals surface area contributed by atoms with E-state index in [2.05, 4.69) is 27.8 Å². The van der Waals surface area contributed by atoms with E-state index in [9.17, 15) is 27.1 Å². The SMILES string of the molecule is CCn1nc(N)c2cccc(-c3ccc(C#CC(C)(C)O)nc3[C@H](Cc3cc(F)cc(F)c3)Cn3nc(C(F)(F)F)c4c3C(F)(F)CC4)c21.NC=O. The highest BCUT2D eigenvalue weighted by molar-refractivity contribution is 6.00. The first-order valence-electron chi connectivity index (χ1n) is 16.0. The average Bonchev–Trinajstić information content (AvgIpc) is 3.70. The number of fused-ring (bicyclic) bond motifs is 2. The van der Waals surface area contributed by atoms with Crippen LogP contribution >= 0.6 is 0 Å². The number of benzene rings is 2. The zero-order chi connectivity index (χ0) is 38.2. The number of aryl methyl sites for hydroxylation is 1. The second-order valence-electron chi connectivity index (χ2n) is 12.7. The smallest absolute Gasteiger partial charge is 0.382 e. The van der Waals surface area contributed by atoms with E-state index in [0.29, 0.717) is 39.3 Å². The van der Waals surface area contributed by atoms with Crippen molar-refractivity contribution in [1.29, 1.82) is 0 Å². The van der Waals surface area contributed by atoms with Crippen molar-refractivity contribution < 1.29 is 40.6 Å². The van der Waals surface area contributed by atoms with E-state index in [-0.39, 0.29) is 35.6 Å². The fraction of sp³-hybridized carbons (Fsp3) is 0.333. The van der Waals surface area contributed by atoms with Gasteiger partial charge >= 0.3 is 6.18 Å². The molecule has 5 aromatic rings. The standard InChI is InChI=1S/C35H31F7N6O.CH3NO/c1-4-47-29-25(6-5-7-26(29)32(43)46-47)24-9-8-23(10-12-33(2,3)49)44-28(24)20(14-19-15-21(36)17-22(37)16-19)18-48-31-27(11-13-34(31,38)39)30(45-48)35(40,41)42;2-1-3/h5-9,15-17,20,49H,4,11,13-14,18H2,1-3H3,(H2,43,46);1H,(H2,2,3)/t20-;/m1./s1. The van der Waals surface area contributed by atoms with Gasteiger partial charge in [0.15, 0.2) is 11.5 Å². The predicted octanol–water partition coefficient (Wildman–Crippen LogP) is 6.48. The molecule has 3 aromatic heterocycles. The van der Waals surface area contributed by atoms with Crippen LogP contribution in [0.3, 0.4) is 0 Å². The van der Waals surface area contributed by atoms with Gasteiger partial charge in [-0.05, 0) is 75.4 Å². The highest BCUT2D eigenvalue weighted by atomic mass is 19.4. The summed E-state index contributed by atoms with van der Waals surface area (Å²) in [7, 11) is 0. The number of hydrogen-bond donors (Lipinski definition) is 3. The van der Waals surface area contributed by atoms with E-state index in [1.54, 1.807) is 35.0 Å². The number of hydrogen-bond acceptors (Lipinski definition) is 6. The highest BCUT2D eigenvalue weighted by Gasteiger charge is 2.50. The van der Waals surface area contributed by atoms with E-state index in [0.717, 1.165) is 12.1 Å². The number of carbonyl (C=O) groups excluding carboxylic acids is 1. The van der Waals surface area contributed by atoms with E-state index in [1.807, 2.05) is 6.92 Å². The molecule has 2 aromatic carbocycles. The van der Waals surface area contributed by atoms with Crippen molar-refractivity contribution in [3.63, 3.8) is 0 Å². The molecule has 0 spiro atoms. The van der Waals surface area contributed by atoms with Crippen LogP contribution in [0.1, 0.15) is 67.0 Å². The lowest BCUT2D eigenvalue weighted by Crippen LogP contribution is -2.22. The zero-order valence-corrected chi connectivity index (χ0v) is 28.2. The summed E-state index contributed by atoms with van der Waals surface area (Å²) < 4.78 is 104. The first-order valence-corrected chi connectivity index (χ1v) is 16.0. The van der Waals surface area contributed by atoms with Crippen molar-refractivity contribution >= 4 is 23.1 Å². The molecule has 6 rings (SSSR count). The van der Waals surface area contributed by atoms with E-state index < -0.39 is 71.6 Å². The third kappa shape index (κ3) is 7.89. The Balaban J connectivity index is 0.00000168. The molecule has 1 aliphatic rings. The number of amides is 1. The molecule has 0 fully saturated rings. The summed E-state index contributed by atoms with van der Waals surface area (Å²) in [5, 5.41) is 18.9. The quantitative estimate of drug-likeness (QED) is 0.0997. The van der Waals surface area contributed by atoms with Crippen LogP contribution in [0.2, 0.25) is 0 Å². The maximum atomic E-state index is 15.3. The number of nitrogens with two attached hydrogens (primary N) is 2. The maximum Gasteiger partial charge on any atom is 0.435 e. The molecule has 0 saturated carbocycles. The van der Waals surface area contributed by atoms with Gasteiger partial charge in [0, 0.05) is 47.0 Å². The Labute approximate surface area is 293 Å². The van der Waals surface area contributed by atoms with Crippen LogP contribution in [-0.2, 0) is 42.8 Å². The van der Waals surface area contributed by atoms with E-state index in [1.165, 1.54) is 13.8 Å². The molecule has 0 aliphatic heterocycles. The van der Waals surface area contributed by atoms with Gasteiger partial charge in [0.25, 0.3) is 5.92 Å². The van der Waals surface area contributed by atoms with E-state index >= 15 is 8.78 Å². The summed E-state index contributed by atoms with van der Waals surface area (Å²) in [6.07, 6.45) is -6.32. The number of primary amides is 1. The molecule has 1 atom stereocenters. The molecule has 9 nitrogen and oxygen atoms in total. The Morgan fingerprint density at radius 1 is 1.04 bits per heavy atom. The number of nitrogens with zero attached hydrogens (tertiary/aromatic N) is 5. The molecule has 16 heteroatoms. The maximum absolute atomic E-state index is 15.3. The number of carbonyl (C=O) groups is 1. The largest absolute Gasteiger partial charge is 0.435 e. The number of alkyl halides is 5. The van der Waals surface area contributed by atoms with Crippen molar-refractivity contribution in [3.05, 3.63) is 94.1 Å². The van der Waals surface area contributed by atoms with Crippen LogP contribution in [0.5, 0.6) is 0 Å². The molecule has 1 aliphatic carbocycles. The number of aliphatic hydroxyl groups is 1. The lowest BCUT2D eigenvalue weighted by atomic mass is 9.89. The molecular formula is C36H34F7N7O2. The van der Waals surface area contributed by atoms with Gasteiger partial charge in [-0.2, -0.15) is 32.1 Å². The van der Waals surface area contributed by atoms with Gasteiger partial charge in [0.2, 0.25) is 6.41 Å². The monoisotopic (exact) mass is 729 g/mol. The Kier molecular flexibility index (Phi) is 10.4. The second-order valence-corrected chi connectivity index (χ2v) is 12.7. The van der Waals surface area contributed by atoms with Crippen molar-refractivity contribution in [2.75, 3.05) is 5.73 Å². The molecule has 3 heterocycles. The van der Waals surface area contributed by atoms with Gasteiger partial charge in [-0.15, -0.1) is 0 Å². The zero-order valence-electron chi connectivity index (χ0n) is 28.2. The molecule has 52 heavy (non-hydrogen) atoms. The Bertz CT molecular complexity index is 2170. The Morgan fingerprint density at radius 3 is 2.33 bits per heavy atom. The Hall–Kier alpha value is -5.43. The highest BCUT2D eigenvalue weighted by Crippen LogP contribution is 2.47. The fourth-order valence-corrected chi connectivity index (χ4v) is 6.38. The number of nitrogen functional groups attached to an aromatic ring is 1. The van der Waals surface area contributed by atoms with Crippen molar-refractivity contribution in [3.8, 4) is 23.0 Å². The van der Waals surface area contributed by atoms with Gasteiger partial charge in [0.1, 0.15) is 28.6 Å². The summed E-state index contributed by atoms with van der Waals surface area (Å²) in [4.78, 5) is 13.3. The first-order chi connectivity index (χ1) is 24.4. The average molecular weight is 730 g/mol. The summed E-state index contributed by atoms with van der Waals surface area (Å²) in [6, 6.07) is 11.3. The van der Waals surface area contributed by atoms with Gasteiger partial charge in [-0.1, -0.05) is 18.1 Å². The van der Waals surface area contributed by atoms with Crippen LogP contribution in [0.15, 0.2) is 48.5 Å². The van der Waals surface area contributed by atoms with Gasteiger partial charge in [0.05, 0.1) is 17.8 Å². The first kappa shape index (κ1) is 37.8. The third-order valence-electron chi connectivity index (χ3n) is 8.35. The molecule has 0 saturated heterocycles. The molecule has 0 radical (unpaired) electrons. The fourth-order valence-electron chi connectivity index (χ4n) is 6.38. The minimum atomic E-state index is -5.00. The molecule has 0 bridgehead atoms. The predicted molar refractivity (Wildman–Crippen MR) is 179 cm³/mol. The van der Waals surface area contributed by atoms with Crippen LogP contribution in [0, 0.1) is 23.5 Å². The normalized spacial score (nSPS) is 14.3. The van der Waals surface area contributed by atoms with Crippen LogP contribution in [-0.4, -0.2) is 41.7 Å². The number of halogens is 7. The van der Waals surface area contributed by atoms with E-state index in [4.69, 9.17) is 15.5 Å². The van der Waals surface area contributed by atoms with Crippen molar-refractivity contribution in [2.45, 2.75) is 76.7 Å². The number of anilines is 1. The molecular weight excluding hydrogens is 695 g/mol. The lowest BCUT2D eigenvalue weighted by molar-refractivity contribution is -0.142. The summed E-state index contributed by atoms with van der Waals surface area (Å²) in [5.41, 5.74) is 8.18. The minimum absolute atomic E-state index is 0.107. The second kappa shape index (κ2) is 14.3. The van der Waals surface area contributed by atoms with Crippen molar-refractivity contribution in [1.82, 2.24) is 24.5 Å². The van der Waals surface area contributed by atoms with Gasteiger partial charge in [-0.3, -0.25) is 14.2 Å². The molecule has 1 amide bonds. The van der Waals surface area contributed by atoms with Gasteiger partial charge < -0.3 is 16.6 Å². The van der Waals surface area contributed by atoms with Crippen LogP contribution in [0.25, 0.3) is 22.0 Å². The number of pyridine rings is 1. The summed E-state index contributed by atoms with van der Waals surface area (Å²) >= 11 is 0. The third-order valence-corrected chi connectivity index (χ3v) is 8.35. The topological polar surface area (TPSA) is 138 Å². The Morgan fingerprint density at radius 2 is 1.71 bits per heavy atom. The molecule has 274 valence electrons. The summed E-state index contributed by atoms with van der Waals surface area (Å²) in [6.45, 7) is 4.65.